The van der Waals surface area contributed by atoms with Crippen molar-refractivity contribution in [2.75, 3.05) is 295 Å². The molecule has 6 saturated heterocycles. The summed E-state index contributed by atoms with van der Waals surface area (Å²) in [6.07, 6.45) is 0. The SMILES string of the molecule is O=C([O-])CN1CCN2CCN(CCN(CCN(CC(=O)O)CC(=O)O)CC2)CC1.O=C([O-])CN1CCN2CCN(CCN(CCN(CC(=O)O)CC(=O)O)CC2)CC1.O=C([O-])CN1CCN2CCN(CCN(CCN(CC(=O)O)CC(=O)O)CC2)CC1.[Lu+3]. The minimum absolute atomic E-state index is 0. The first kappa shape index (κ1) is 78.1. The van der Waals surface area contributed by atoms with Crippen molar-refractivity contribution in [1.29, 1.82) is 0 Å². The smallest absolute Gasteiger partial charge is 0.549 e. The number of fused-ring (bicyclic) bond motifs is 9. The second kappa shape index (κ2) is 43.6. The second-order valence-electron chi connectivity index (χ2n) is 23.0. The summed E-state index contributed by atoms with van der Waals surface area (Å²) in [6.45, 7) is 25.5. The number of carbonyl (C=O) groups excluding carboxylic acids is 3. The van der Waals surface area contributed by atoms with Crippen LogP contribution in [-0.2, 0) is 43.2 Å². The zero-order valence-electron chi connectivity index (χ0n) is 50.9. The molecule has 88 heavy (non-hydrogen) atoms. The molecule has 0 aromatic carbocycles. The Hall–Kier alpha value is -4.14. The topological polar surface area (TPSA) is 393 Å². The van der Waals surface area contributed by atoms with Crippen molar-refractivity contribution in [2.45, 2.75) is 0 Å². The van der Waals surface area contributed by atoms with Gasteiger partial charge in [-0.2, -0.15) is 0 Å². The maximum absolute atomic E-state index is 11.0. The number of hydrogen-bond donors (Lipinski definition) is 6. The Morgan fingerprint density at radius 3 is 0.523 bits per heavy atom. The number of hydrogen-bond acceptors (Lipinski definition) is 27. The van der Waals surface area contributed by atoms with Crippen LogP contribution in [0.3, 0.4) is 0 Å². The molecule has 0 amide bonds. The maximum Gasteiger partial charge on any atom is 3.00 e. The molecule has 6 fully saturated rings. The molecule has 6 aliphatic heterocycles. The van der Waals surface area contributed by atoms with E-state index in [-0.39, 0.29) is 95.8 Å². The summed E-state index contributed by atoms with van der Waals surface area (Å²) in [5, 5.41) is 86.8. The third-order valence-corrected chi connectivity index (χ3v) is 16.4. The molecule has 33 nitrogen and oxygen atoms in total. The third kappa shape index (κ3) is 36.0. The number of aliphatic carboxylic acids is 9. The first-order chi connectivity index (χ1) is 41.4. The van der Waals surface area contributed by atoms with Crippen LogP contribution >= 0.6 is 0 Å². The minimum atomic E-state index is -1.05. The fourth-order valence-electron chi connectivity index (χ4n) is 11.3. The Bertz CT molecular complexity index is 1820. The molecule has 34 heteroatoms. The summed E-state index contributed by atoms with van der Waals surface area (Å²) in [5.74, 6) is -9.33. The zero-order chi connectivity index (χ0) is 63.7. The molecule has 6 heterocycles. The van der Waals surface area contributed by atoms with Crippen molar-refractivity contribution < 1.29 is 126 Å². The molecular formula is C54H96LuN15O18. The first-order valence-corrected chi connectivity index (χ1v) is 30.2. The largest absolute Gasteiger partial charge is 3.00 e. The predicted octanol–water partition coefficient (Wildman–Crippen LogP) is -10.7. The fraction of sp³-hybridized carbons (Fsp3) is 0.833. The molecule has 6 rings (SSSR count). The van der Waals surface area contributed by atoms with Gasteiger partial charge in [0, 0.05) is 255 Å². The van der Waals surface area contributed by atoms with Gasteiger partial charge in [0.15, 0.2) is 0 Å². The summed E-state index contributed by atoms with van der Waals surface area (Å²) >= 11 is 0. The van der Waals surface area contributed by atoms with Gasteiger partial charge in [-0.1, -0.05) is 0 Å². The van der Waals surface area contributed by atoms with Gasteiger partial charge in [0.1, 0.15) is 0 Å². The zero-order valence-corrected chi connectivity index (χ0v) is 52.5. The molecule has 0 aromatic heterocycles. The normalized spacial score (nSPS) is 24.4. The molecule has 0 radical (unpaired) electrons. The van der Waals surface area contributed by atoms with Crippen molar-refractivity contribution >= 4 is 53.7 Å². The van der Waals surface area contributed by atoms with Crippen LogP contribution in [0, 0.1) is 36.9 Å². The average Bonchev–Trinajstić information content (AvgIpc) is 3.94. The van der Waals surface area contributed by atoms with E-state index in [0.29, 0.717) is 78.5 Å². The van der Waals surface area contributed by atoms with Gasteiger partial charge in [0.2, 0.25) is 0 Å². The average molecular weight is 1420 g/mol. The predicted molar refractivity (Wildman–Crippen MR) is 307 cm³/mol. The monoisotopic (exact) mass is 1420 g/mol. The van der Waals surface area contributed by atoms with E-state index in [9.17, 15) is 58.5 Å². The summed E-state index contributed by atoms with van der Waals surface area (Å²) in [7, 11) is 0. The van der Waals surface area contributed by atoms with Crippen LogP contribution in [-0.4, -0.2) is 452 Å². The van der Waals surface area contributed by atoms with E-state index < -0.39 is 53.7 Å². The molecule has 0 aromatic rings. The van der Waals surface area contributed by atoms with Crippen LogP contribution in [0.2, 0.25) is 0 Å². The van der Waals surface area contributed by atoms with Gasteiger partial charge in [-0.3, -0.25) is 102 Å². The van der Waals surface area contributed by atoms with Crippen molar-refractivity contribution in [3.8, 4) is 0 Å². The summed E-state index contributed by atoms with van der Waals surface area (Å²) < 4.78 is 0. The standard InChI is InChI=1S/3C18H33N5O6.Lu/c3*24-16(25)13-22-10-7-19-1-2-20(8-11-22)4-6-21(5-3-19)9-12-23(14-17(26)27)15-18(28)29;/h3*1-15H2,(H,24,25)(H,26,27)(H,28,29);/q;;;+3/p-3. The Morgan fingerprint density at radius 2 is 0.386 bits per heavy atom. The van der Waals surface area contributed by atoms with E-state index in [0.717, 1.165) is 157 Å². The minimum Gasteiger partial charge on any atom is -0.549 e. The van der Waals surface area contributed by atoms with Gasteiger partial charge in [-0.15, -0.1) is 0 Å². The number of carboxylic acid groups (broad SMARTS) is 9. The van der Waals surface area contributed by atoms with Crippen molar-refractivity contribution in [3.05, 3.63) is 0 Å². The Labute approximate surface area is 544 Å². The van der Waals surface area contributed by atoms with Crippen LogP contribution in [0.4, 0.5) is 0 Å². The second-order valence-corrected chi connectivity index (χ2v) is 23.0. The summed E-state index contributed by atoms with van der Waals surface area (Å²) in [5.41, 5.74) is 0. The molecule has 0 aliphatic carbocycles. The summed E-state index contributed by atoms with van der Waals surface area (Å²) in [6, 6.07) is 0. The van der Waals surface area contributed by atoms with Gasteiger partial charge in [-0.05, 0) is 0 Å². The van der Waals surface area contributed by atoms with Gasteiger partial charge in [0.05, 0.1) is 57.2 Å². The number of nitrogens with zero attached hydrogens (tertiary/aromatic N) is 15. The van der Waals surface area contributed by atoms with Crippen LogP contribution in [0.25, 0.3) is 0 Å². The molecule has 6 unspecified atom stereocenters. The molecular weight excluding hydrogens is 1320 g/mol. The van der Waals surface area contributed by atoms with Crippen LogP contribution in [0.5, 0.6) is 0 Å². The summed E-state index contributed by atoms with van der Waals surface area (Å²) in [4.78, 5) is 130. The van der Waals surface area contributed by atoms with Gasteiger partial charge >= 0.3 is 72.7 Å². The quantitative estimate of drug-likeness (QED) is 0.0445. The number of carboxylic acids is 9. The molecule has 6 bridgehead atoms. The van der Waals surface area contributed by atoms with E-state index >= 15 is 0 Å². The van der Waals surface area contributed by atoms with Crippen LogP contribution in [0.1, 0.15) is 0 Å². The van der Waals surface area contributed by atoms with E-state index in [1.165, 1.54) is 14.7 Å². The molecule has 6 atom stereocenters. The Balaban J connectivity index is 0.000000343. The maximum atomic E-state index is 11.0. The number of rotatable bonds is 27. The number of carbonyl (C=O) groups is 9. The van der Waals surface area contributed by atoms with E-state index in [1.54, 1.807) is 0 Å². The van der Waals surface area contributed by atoms with Gasteiger partial charge in [0.25, 0.3) is 0 Å². The van der Waals surface area contributed by atoms with E-state index in [1.807, 2.05) is 14.7 Å². The Morgan fingerprint density at radius 1 is 0.250 bits per heavy atom. The van der Waals surface area contributed by atoms with E-state index in [4.69, 9.17) is 30.6 Å². The van der Waals surface area contributed by atoms with Crippen molar-refractivity contribution in [2.24, 2.45) is 0 Å². The Kier molecular flexibility index (Phi) is 38.7. The van der Waals surface area contributed by atoms with Crippen molar-refractivity contribution in [1.82, 2.24) is 73.5 Å². The fourth-order valence-corrected chi connectivity index (χ4v) is 11.3. The molecule has 6 N–H and O–H groups in total. The van der Waals surface area contributed by atoms with Gasteiger partial charge < -0.3 is 60.3 Å². The first-order valence-electron chi connectivity index (χ1n) is 30.2. The van der Waals surface area contributed by atoms with E-state index in [2.05, 4.69) is 44.1 Å². The molecule has 0 spiro atoms. The van der Waals surface area contributed by atoms with Crippen LogP contribution in [0.15, 0.2) is 0 Å². The molecule has 6 aliphatic rings. The van der Waals surface area contributed by atoms with Crippen LogP contribution < -0.4 is 15.3 Å². The van der Waals surface area contributed by atoms with Crippen molar-refractivity contribution in [3.63, 3.8) is 0 Å². The molecule has 0 saturated carbocycles. The third-order valence-electron chi connectivity index (χ3n) is 16.4. The molecule has 510 valence electrons. The van der Waals surface area contributed by atoms with Gasteiger partial charge in [-0.25, -0.2) is 0 Å².